The van der Waals surface area contributed by atoms with Crippen LogP contribution in [0.1, 0.15) is 59.3 Å². The lowest BCUT2D eigenvalue weighted by molar-refractivity contribution is 0.150. The average molecular weight is 318 g/mol. The maximum atomic E-state index is 10.4. The van der Waals surface area contributed by atoms with E-state index in [1.807, 2.05) is 0 Å². The molecule has 2 aliphatic heterocycles. The highest BCUT2D eigenvalue weighted by Crippen LogP contribution is 2.44. The minimum Gasteiger partial charge on any atom is -0.389 e. The fourth-order valence-electron chi connectivity index (χ4n) is 3.82. The summed E-state index contributed by atoms with van der Waals surface area (Å²) >= 11 is 0. The topological polar surface area (TPSA) is 42.0 Å². The van der Waals surface area contributed by atoms with Crippen LogP contribution in [0.15, 0.2) is 34.9 Å². The van der Waals surface area contributed by atoms with Crippen LogP contribution in [0.25, 0.3) is 0 Å². The second-order valence-electron chi connectivity index (χ2n) is 7.72. The predicted octanol–water partition coefficient (Wildman–Crippen LogP) is 4.08. The number of hydrogen-bond acceptors (Lipinski definition) is 3. The van der Waals surface area contributed by atoms with E-state index in [0.29, 0.717) is 6.10 Å². The van der Waals surface area contributed by atoms with Crippen LogP contribution >= 0.6 is 0 Å². The molecule has 0 spiro atoms. The molecule has 4 atom stereocenters. The molecule has 0 saturated carbocycles. The van der Waals surface area contributed by atoms with Crippen LogP contribution in [0, 0.1) is 0 Å². The van der Waals surface area contributed by atoms with Crippen molar-refractivity contribution in [2.75, 3.05) is 6.61 Å². The molecule has 0 aromatic carbocycles. The zero-order valence-corrected chi connectivity index (χ0v) is 14.7. The number of ether oxygens (including phenoxy) is 2. The monoisotopic (exact) mass is 318 g/mol. The van der Waals surface area contributed by atoms with Crippen LogP contribution in [0.4, 0.5) is 0 Å². The van der Waals surface area contributed by atoms with E-state index >= 15 is 0 Å². The number of hydrogen-bond donors (Lipinski definition) is 1. The molecule has 0 amide bonds. The summed E-state index contributed by atoms with van der Waals surface area (Å²) in [6, 6.07) is 0. The standard InChI is InChI=1S/C20H30O3/c1-13-5-8-19-20(4,23-19)10-9-17(21)14(2)6-7-16-15(3)12-22-18(16)11-13/h11,17-19,21H,2,5-10,12H2,1,3-4H3. The normalized spacial score (nSPS) is 39.4. The van der Waals surface area contributed by atoms with Crippen molar-refractivity contribution in [1.82, 2.24) is 0 Å². The summed E-state index contributed by atoms with van der Waals surface area (Å²) in [7, 11) is 0. The van der Waals surface area contributed by atoms with Crippen molar-refractivity contribution in [3.63, 3.8) is 0 Å². The predicted molar refractivity (Wildman–Crippen MR) is 92.3 cm³/mol. The molecule has 1 aliphatic carbocycles. The van der Waals surface area contributed by atoms with Gasteiger partial charge in [-0.2, -0.15) is 0 Å². The van der Waals surface area contributed by atoms with Crippen molar-refractivity contribution in [3.8, 4) is 0 Å². The maximum Gasteiger partial charge on any atom is 0.0977 e. The van der Waals surface area contributed by atoms with Gasteiger partial charge in [-0.25, -0.2) is 0 Å². The third-order valence-electron chi connectivity index (χ3n) is 5.74. The molecule has 0 aromatic rings. The molecule has 4 unspecified atom stereocenters. The number of aliphatic hydroxyl groups excluding tert-OH is 1. The van der Waals surface area contributed by atoms with Crippen molar-refractivity contribution < 1.29 is 14.6 Å². The Morgan fingerprint density at radius 3 is 2.78 bits per heavy atom. The summed E-state index contributed by atoms with van der Waals surface area (Å²) < 4.78 is 11.9. The Bertz CT molecular complexity index is 545. The van der Waals surface area contributed by atoms with Gasteiger partial charge in [0.15, 0.2) is 0 Å². The first kappa shape index (κ1) is 16.9. The molecule has 3 rings (SSSR count). The average Bonchev–Trinajstić information content (AvgIpc) is 3.04. The molecule has 1 fully saturated rings. The smallest absolute Gasteiger partial charge is 0.0977 e. The van der Waals surface area contributed by atoms with E-state index in [1.54, 1.807) is 0 Å². The molecule has 1 saturated heterocycles. The largest absolute Gasteiger partial charge is 0.389 e. The summed E-state index contributed by atoms with van der Waals surface area (Å²) in [4.78, 5) is 0. The van der Waals surface area contributed by atoms with E-state index in [4.69, 9.17) is 9.47 Å². The van der Waals surface area contributed by atoms with Crippen LogP contribution in [0.5, 0.6) is 0 Å². The molecule has 2 heterocycles. The quantitative estimate of drug-likeness (QED) is 0.540. The third-order valence-corrected chi connectivity index (χ3v) is 5.74. The Morgan fingerprint density at radius 2 is 2.00 bits per heavy atom. The number of rotatable bonds is 0. The van der Waals surface area contributed by atoms with Gasteiger partial charge in [-0.1, -0.05) is 18.2 Å². The van der Waals surface area contributed by atoms with E-state index in [9.17, 15) is 5.11 Å². The summed E-state index contributed by atoms with van der Waals surface area (Å²) in [5, 5.41) is 10.4. The van der Waals surface area contributed by atoms with E-state index in [1.165, 1.54) is 16.7 Å². The van der Waals surface area contributed by atoms with E-state index in [2.05, 4.69) is 33.4 Å². The lowest BCUT2D eigenvalue weighted by Crippen LogP contribution is -2.18. The van der Waals surface area contributed by atoms with Gasteiger partial charge in [0.1, 0.15) is 0 Å². The Morgan fingerprint density at radius 1 is 1.22 bits per heavy atom. The fraction of sp³-hybridized carbons (Fsp3) is 0.700. The van der Waals surface area contributed by atoms with Gasteiger partial charge in [0.25, 0.3) is 0 Å². The minimum absolute atomic E-state index is 0.0445. The molecular weight excluding hydrogens is 288 g/mol. The maximum absolute atomic E-state index is 10.4. The molecule has 0 bridgehead atoms. The number of epoxide rings is 1. The van der Waals surface area contributed by atoms with Gasteiger partial charge in [0.05, 0.1) is 30.5 Å². The summed E-state index contributed by atoms with van der Waals surface area (Å²) in [6.45, 7) is 11.4. The Balaban J connectivity index is 1.77. The van der Waals surface area contributed by atoms with E-state index in [-0.39, 0.29) is 11.7 Å². The second-order valence-corrected chi connectivity index (χ2v) is 7.72. The van der Waals surface area contributed by atoms with Crippen molar-refractivity contribution >= 4 is 0 Å². The van der Waals surface area contributed by atoms with Gasteiger partial charge in [-0.05, 0) is 76.0 Å². The third kappa shape index (κ3) is 3.78. The van der Waals surface area contributed by atoms with Crippen LogP contribution in [0.2, 0.25) is 0 Å². The molecular formula is C20H30O3. The van der Waals surface area contributed by atoms with E-state index in [0.717, 1.165) is 50.7 Å². The molecule has 3 nitrogen and oxygen atoms in total. The molecule has 3 heteroatoms. The number of aliphatic hydroxyl groups is 1. The summed E-state index contributed by atoms with van der Waals surface area (Å²) in [5.41, 5.74) is 5.00. The van der Waals surface area contributed by atoms with Crippen LogP contribution < -0.4 is 0 Å². The highest BCUT2D eigenvalue weighted by molar-refractivity contribution is 5.29. The highest BCUT2D eigenvalue weighted by Gasteiger charge is 2.51. The zero-order valence-electron chi connectivity index (χ0n) is 14.7. The lowest BCUT2D eigenvalue weighted by Gasteiger charge is -2.18. The lowest BCUT2D eigenvalue weighted by atomic mass is 9.90. The highest BCUT2D eigenvalue weighted by atomic mass is 16.6. The Labute approximate surface area is 140 Å². The van der Waals surface area contributed by atoms with Gasteiger partial charge >= 0.3 is 0 Å². The molecule has 3 aliphatic rings. The second kappa shape index (κ2) is 6.54. The Kier molecular flexibility index (Phi) is 4.82. The molecule has 23 heavy (non-hydrogen) atoms. The number of fused-ring (bicyclic) bond motifs is 2. The van der Waals surface area contributed by atoms with Crippen molar-refractivity contribution in [2.45, 2.75) is 83.2 Å². The molecule has 0 radical (unpaired) electrons. The van der Waals surface area contributed by atoms with Gasteiger partial charge in [0, 0.05) is 0 Å². The van der Waals surface area contributed by atoms with Gasteiger partial charge in [-0.15, -0.1) is 0 Å². The molecule has 1 N–H and O–H groups in total. The summed E-state index contributed by atoms with van der Waals surface area (Å²) in [5.74, 6) is 0. The summed E-state index contributed by atoms with van der Waals surface area (Å²) in [6.07, 6.45) is 7.84. The molecule has 128 valence electrons. The van der Waals surface area contributed by atoms with Gasteiger partial charge in [-0.3, -0.25) is 0 Å². The number of allylic oxidation sites excluding steroid dienone is 1. The van der Waals surface area contributed by atoms with Gasteiger partial charge < -0.3 is 14.6 Å². The van der Waals surface area contributed by atoms with Crippen LogP contribution in [-0.2, 0) is 9.47 Å². The van der Waals surface area contributed by atoms with Gasteiger partial charge in [0.2, 0.25) is 0 Å². The SMILES string of the molecule is C=C1CCC2=C(C)COC2C=C(C)CCC2OC2(C)CCC1O. The first-order valence-corrected chi connectivity index (χ1v) is 8.90. The van der Waals surface area contributed by atoms with Crippen molar-refractivity contribution in [1.29, 1.82) is 0 Å². The fourth-order valence-corrected chi connectivity index (χ4v) is 3.82. The minimum atomic E-state index is -0.418. The van der Waals surface area contributed by atoms with Crippen molar-refractivity contribution in [3.05, 3.63) is 34.9 Å². The first-order valence-electron chi connectivity index (χ1n) is 8.90. The van der Waals surface area contributed by atoms with Crippen LogP contribution in [-0.4, -0.2) is 35.6 Å². The van der Waals surface area contributed by atoms with Crippen molar-refractivity contribution in [2.24, 2.45) is 0 Å². The first-order chi connectivity index (χ1) is 10.9. The Hall–Kier alpha value is -0.900. The van der Waals surface area contributed by atoms with Crippen LogP contribution in [0.3, 0.4) is 0 Å². The van der Waals surface area contributed by atoms with E-state index < -0.39 is 6.10 Å². The zero-order chi connectivity index (χ0) is 16.6. The molecule has 0 aromatic heterocycles.